The number of hydroxylamine groups is 2. The fraction of sp³-hybridized carbons (Fsp3) is 0.700. The quantitative estimate of drug-likeness (QED) is 0.567. The summed E-state index contributed by atoms with van der Waals surface area (Å²) in [7, 11) is -4.70. The number of rotatable bonds is 4. The summed E-state index contributed by atoms with van der Waals surface area (Å²) in [6.07, 6.45) is -0.332. The molecule has 0 aromatic carbocycles. The molecule has 0 aliphatic carbocycles. The van der Waals surface area contributed by atoms with Crippen LogP contribution in [0.15, 0.2) is 0 Å². The molecular weight excluding hydrogens is 278 g/mol. The van der Waals surface area contributed by atoms with Gasteiger partial charge in [-0.25, -0.2) is 4.79 Å². The smallest absolute Gasteiger partial charge is 0.330 e. The Morgan fingerprint density at radius 1 is 1.47 bits per heavy atom. The van der Waals surface area contributed by atoms with Crippen LogP contribution in [0.25, 0.3) is 0 Å². The molecule has 0 bridgehead atoms. The van der Waals surface area contributed by atoms with Gasteiger partial charge in [0.1, 0.15) is 0 Å². The first-order chi connectivity index (χ1) is 8.50. The van der Waals surface area contributed by atoms with E-state index in [2.05, 4.69) is 4.84 Å². The molecule has 9 heteroatoms. The number of hydrogen-bond acceptors (Lipinski definition) is 6. The minimum Gasteiger partial charge on any atom is -0.330 e. The molecule has 1 heterocycles. The van der Waals surface area contributed by atoms with Crippen LogP contribution in [0.2, 0.25) is 0 Å². The Labute approximate surface area is 110 Å². The Balaban J connectivity index is 2.90. The van der Waals surface area contributed by atoms with Gasteiger partial charge in [-0.2, -0.15) is 8.42 Å². The number of carbonyl (C=O) groups excluding carboxylic acids is 3. The molecule has 1 aliphatic rings. The molecule has 108 valence electrons. The van der Waals surface area contributed by atoms with Crippen molar-refractivity contribution in [1.29, 1.82) is 0 Å². The molecule has 1 aliphatic heterocycles. The predicted molar refractivity (Wildman–Crippen MR) is 62.0 cm³/mol. The van der Waals surface area contributed by atoms with Crippen molar-refractivity contribution < 1.29 is 32.2 Å². The molecule has 1 rings (SSSR count). The molecule has 1 N–H and O–H groups in total. The highest BCUT2D eigenvalue weighted by Crippen LogP contribution is 2.25. The van der Waals surface area contributed by atoms with E-state index in [0.29, 0.717) is 6.42 Å². The van der Waals surface area contributed by atoms with Gasteiger partial charge in [-0.3, -0.25) is 14.1 Å². The summed E-state index contributed by atoms with van der Waals surface area (Å²) in [5.41, 5.74) is -0.920. The van der Waals surface area contributed by atoms with Crippen LogP contribution in [0.1, 0.15) is 33.6 Å². The van der Waals surface area contributed by atoms with E-state index in [-0.39, 0.29) is 5.06 Å². The topological polar surface area (TPSA) is 118 Å². The normalized spacial score (nSPS) is 20.8. The Bertz CT molecular complexity index is 522. The first-order valence-electron chi connectivity index (χ1n) is 5.56. The van der Waals surface area contributed by atoms with E-state index in [1.165, 1.54) is 0 Å². The van der Waals surface area contributed by atoms with E-state index in [1.807, 2.05) is 0 Å². The van der Waals surface area contributed by atoms with Crippen LogP contribution in [-0.4, -0.2) is 41.1 Å². The van der Waals surface area contributed by atoms with Gasteiger partial charge in [0, 0.05) is 0 Å². The molecule has 0 radical (unpaired) electrons. The third-order valence-electron chi connectivity index (χ3n) is 3.03. The fourth-order valence-electron chi connectivity index (χ4n) is 1.26. The Kier molecular flexibility index (Phi) is 4.01. The van der Waals surface area contributed by atoms with Crippen LogP contribution in [0, 0.1) is 5.41 Å². The first kappa shape index (κ1) is 15.6. The third kappa shape index (κ3) is 3.10. The van der Waals surface area contributed by atoms with Crippen molar-refractivity contribution in [2.24, 2.45) is 5.41 Å². The zero-order valence-electron chi connectivity index (χ0n) is 10.7. The van der Waals surface area contributed by atoms with Crippen molar-refractivity contribution in [1.82, 2.24) is 5.06 Å². The second-order valence-electron chi connectivity index (χ2n) is 4.85. The van der Waals surface area contributed by atoms with E-state index in [4.69, 9.17) is 4.55 Å². The highest BCUT2D eigenvalue weighted by atomic mass is 32.2. The van der Waals surface area contributed by atoms with Crippen molar-refractivity contribution in [2.75, 3.05) is 0 Å². The number of amides is 2. The second-order valence-corrected chi connectivity index (χ2v) is 6.45. The van der Waals surface area contributed by atoms with Crippen molar-refractivity contribution >= 4 is 27.9 Å². The van der Waals surface area contributed by atoms with Crippen LogP contribution in [-0.2, 0) is 29.3 Å². The van der Waals surface area contributed by atoms with Gasteiger partial charge in [0.05, 0.1) is 11.8 Å². The van der Waals surface area contributed by atoms with Gasteiger partial charge in [0.25, 0.3) is 21.9 Å². The molecular formula is C10H15NO7S. The standard InChI is InChI=1S/C10H15NO7S/c1-4-10(2,3)9(14)18-11-7(12)5-6(8(11)13)19(15,16)17/h6H,4-5H2,1-3H3,(H,15,16,17). The summed E-state index contributed by atoms with van der Waals surface area (Å²) < 4.78 is 30.6. The van der Waals surface area contributed by atoms with E-state index in [1.54, 1.807) is 20.8 Å². The second kappa shape index (κ2) is 4.89. The number of nitrogens with zero attached hydrogens (tertiary/aromatic N) is 1. The Hall–Kier alpha value is -1.48. The zero-order valence-corrected chi connectivity index (χ0v) is 11.6. The zero-order chi connectivity index (χ0) is 15.0. The van der Waals surface area contributed by atoms with Gasteiger partial charge in [-0.1, -0.05) is 6.92 Å². The lowest BCUT2D eigenvalue weighted by Crippen LogP contribution is -2.40. The van der Waals surface area contributed by atoms with Gasteiger partial charge in [-0.15, -0.1) is 5.06 Å². The average molecular weight is 293 g/mol. The summed E-state index contributed by atoms with van der Waals surface area (Å²) in [4.78, 5) is 39.4. The number of carbonyl (C=O) groups is 3. The van der Waals surface area contributed by atoms with Crippen molar-refractivity contribution in [3.63, 3.8) is 0 Å². The minimum atomic E-state index is -4.70. The van der Waals surface area contributed by atoms with E-state index in [0.717, 1.165) is 0 Å². The highest BCUT2D eigenvalue weighted by molar-refractivity contribution is 7.87. The summed E-state index contributed by atoms with van der Waals surface area (Å²) in [6, 6.07) is 0. The predicted octanol–water partition coefficient (Wildman–Crippen LogP) is -0.104. The molecule has 19 heavy (non-hydrogen) atoms. The maximum atomic E-state index is 11.7. The van der Waals surface area contributed by atoms with Gasteiger partial charge >= 0.3 is 5.97 Å². The van der Waals surface area contributed by atoms with E-state index >= 15 is 0 Å². The lowest BCUT2D eigenvalue weighted by Gasteiger charge is -2.22. The molecule has 0 saturated carbocycles. The van der Waals surface area contributed by atoms with Crippen molar-refractivity contribution in [3.8, 4) is 0 Å². The van der Waals surface area contributed by atoms with E-state index < -0.39 is 45.0 Å². The van der Waals surface area contributed by atoms with Crippen LogP contribution < -0.4 is 0 Å². The number of imide groups is 1. The summed E-state index contributed by atoms with van der Waals surface area (Å²) in [5.74, 6) is -3.06. The number of hydrogen-bond donors (Lipinski definition) is 1. The monoisotopic (exact) mass is 293 g/mol. The maximum absolute atomic E-state index is 11.7. The van der Waals surface area contributed by atoms with Crippen LogP contribution in [0.3, 0.4) is 0 Å². The molecule has 2 amide bonds. The van der Waals surface area contributed by atoms with Crippen molar-refractivity contribution in [2.45, 2.75) is 38.9 Å². The first-order valence-corrected chi connectivity index (χ1v) is 7.06. The average Bonchev–Trinajstić information content (AvgIpc) is 2.56. The molecule has 1 atom stereocenters. The Morgan fingerprint density at radius 2 is 2.00 bits per heavy atom. The maximum Gasteiger partial charge on any atom is 0.338 e. The van der Waals surface area contributed by atoms with Gasteiger partial charge in [0.15, 0.2) is 5.25 Å². The van der Waals surface area contributed by atoms with Crippen molar-refractivity contribution in [3.05, 3.63) is 0 Å². The fourth-order valence-corrected chi connectivity index (χ4v) is 1.97. The third-order valence-corrected chi connectivity index (χ3v) is 4.12. The molecule has 0 aromatic rings. The van der Waals surface area contributed by atoms with Crippen LogP contribution in [0.4, 0.5) is 0 Å². The van der Waals surface area contributed by atoms with Crippen LogP contribution in [0.5, 0.6) is 0 Å². The van der Waals surface area contributed by atoms with Gasteiger partial charge in [0.2, 0.25) is 0 Å². The largest absolute Gasteiger partial charge is 0.338 e. The molecule has 1 fully saturated rings. The summed E-state index contributed by atoms with van der Waals surface area (Å²) >= 11 is 0. The lowest BCUT2D eigenvalue weighted by molar-refractivity contribution is -0.204. The molecule has 0 spiro atoms. The van der Waals surface area contributed by atoms with Gasteiger partial charge in [-0.05, 0) is 20.3 Å². The highest BCUT2D eigenvalue weighted by Gasteiger charge is 2.49. The summed E-state index contributed by atoms with van der Waals surface area (Å²) in [5, 5.41) is -1.80. The SMILES string of the molecule is CCC(C)(C)C(=O)ON1C(=O)CC(S(=O)(=O)O)C1=O. The van der Waals surface area contributed by atoms with Crippen LogP contribution >= 0.6 is 0 Å². The molecule has 1 saturated heterocycles. The minimum absolute atomic E-state index is 0.109. The Morgan fingerprint density at radius 3 is 2.37 bits per heavy atom. The summed E-state index contributed by atoms with van der Waals surface area (Å²) in [6.45, 7) is 4.83. The van der Waals surface area contributed by atoms with Gasteiger partial charge < -0.3 is 4.84 Å². The molecule has 0 aromatic heterocycles. The molecule has 1 unspecified atom stereocenters. The van der Waals surface area contributed by atoms with E-state index in [9.17, 15) is 22.8 Å². The molecule has 8 nitrogen and oxygen atoms in total. The lowest BCUT2D eigenvalue weighted by atomic mass is 9.91.